The molecule has 2 fully saturated rings. The average Bonchev–Trinajstić information content (AvgIpc) is 3.26. The monoisotopic (exact) mass is 298 g/mol. The number of nitrogens with zero attached hydrogens (tertiary/aromatic N) is 2. The molecule has 4 nitrogen and oxygen atoms in total. The fourth-order valence-electron chi connectivity index (χ4n) is 4.04. The molecule has 0 spiro atoms. The molecular formula is C18H22N2O2. The van der Waals surface area contributed by atoms with Crippen molar-refractivity contribution in [2.24, 2.45) is 5.92 Å². The van der Waals surface area contributed by atoms with E-state index in [2.05, 4.69) is 12.1 Å². The van der Waals surface area contributed by atoms with Gasteiger partial charge in [-0.05, 0) is 55.4 Å². The summed E-state index contributed by atoms with van der Waals surface area (Å²) >= 11 is 0. The van der Waals surface area contributed by atoms with E-state index in [4.69, 9.17) is 0 Å². The van der Waals surface area contributed by atoms with E-state index in [1.54, 1.807) is 0 Å². The summed E-state index contributed by atoms with van der Waals surface area (Å²) in [5, 5.41) is 0. The van der Waals surface area contributed by atoms with Crippen LogP contribution in [0.3, 0.4) is 0 Å². The van der Waals surface area contributed by atoms with Gasteiger partial charge in [0, 0.05) is 31.7 Å². The number of fused-ring (bicyclic) bond motifs is 1. The second-order valence-corrected chi connectivity index (χ2v) is 6.74. The van der Waals surface area contributed by atoms with Crippen molar-refractivity contribution in [1.29, 1.82) is 0 Å². The zero-order valence-corrected chi connectivity index (χ0v) is 12.9. The van der Waals surface area contributed by atoms with Crippen LogP contribution in [0.1, 0.15) is 36.8 Å². The van der Waals surface area contributed by atoms with Crippen molar-refractivity contribution in [2.45, 2.75) is 38.5 Å². The quantitative estimate of drug-likeness (QED) is 0.839. The fraction of sp³-hybridized carbons (Fsp3) is 0.556. The number of carbonyl (C=O) groups is 2. The highest BCUT2D eigenvalue weighted by Gasteiger charge is 2.37. The van der Waals surface area contributed by atoms with Crippen molar-refractivity contribution in [1.82, 2.24) is 4.90 Å². The third-order valence-corrected chi connectivity index (χ3v) is 5.29. The molecule has 0 N–H and O–H groups in total. The summed E-state index contributed by atoms with van der Waals surface area (Å²) in [6.07, 6.45) is 6.04. The van der Waals surface area contributed by atoms with Crippen LogP contribution in [-0.4, -0.2) is 36.3 Å². The Morgan fingerprint density at radius 3 is 2.64 bits per heavy atom. The number of aryl methyl sites for hydroxylation is 2. The van der Waals surface area contributed by atoms with Gasteiger partial charge in [-0.25, -0.2) is 0 Å². The van der Waals surface area contributed by atoms with Crippen LogP contribution in [-0.2, 0) is 22.4 Å². The molecule has 1 aromatic rings. The Morgan fingerprint density at radius 1 is 1.05 bits per heavy atom. The van der Waals surface area contributed by atoms with Gasteiger partial charge in [0.2, 0.25) is 11.8 Å². The molecule has 2 aliphatic heterocycles. The minimum atomic E-state index is -0.154. The number of benzene rings is 1. The van der Waals surface area contributed by atoms with Crippen molar-refractivity contribution >= 4 is 17.5 Å². The lowest BCUT2D eigenvalue weighted by atomic mass is 10.1. The first kappa shape index (κ1) is 13.8. The molecule has 1 atom stereocenters. The van der Waals surface area contributed by atoms with Crippen molar-refractivity contribution in [3.05, 3.63) is 29.3 Å². The number of amides is 2. The molecule has 2 heterocycles. The molecule has 0 saturated carbocycles. The standard InChI is InChI=1S/C18H22N2O2/c21-17-11-15(18(22)19-8-1-2-9-19)12-20(17)16-7-6-13-4-3-5-14(13)10-16/h6-7,10,15H,1-5,8-9,11-12H2. The summed E-state index contributed by atoms with van der Waals surface area (Å²) in [4.78, 5) is 28.6. The molecule has 1 aliphatic carbocycles. The van der Waals surface area contributed by atoms with E-state index in [0.717, 1.165) is 44.5 Å². The maximum atomic E-state index is 12.5. The van der Waals surface area contributed by atoms with Crippen molar-refractivity contribution in [2.75, 3.05) is 24.5 Å². The molecule has 0 aromatic heterocycles. The first-order chi connectivity index (χ1) is 10.7. The molecule has 1 unspecified atom stereocenters. The molecule has 3 aliphatic rings. The van der Waals surface area contributed by atoms with Crippen LogP contribution in [0, 0.1) is 5.92 Å². The maximum absolute atomic E-state index is 12.5. The third kappa shape index (κ3) is 2.31. The summed E-state index contributed by atoms with van der Waals surface area (Å²) < 4.78 is 0. The van der Waals surface area contributed by atoms with Crippen LogP contribution < -0.4 is 4.90 Å². The molecule has 2 amide bonds. The SMILES string of the molecule is O=C(C1CC(=O)N(c2ccc3c(c2)CCC3)C1)N1CCCC1. The van der Waals surface area contributed by atoms with Crippen LogP contribution >= 0.6 is 0 Å². The fourth-order valence-corrected chi connectivity index (χ4v) is 4.04. The predicted molar refractivity (Wildman–Crippen MR) is 84.7 cm³/mol. The second kappa shape index (κ2) is 5.41. The summed E-state index contributed by atoms with van der Waals surface area (Å²) in [7, 11) is 0. The van der Waals surface area contributed by atoms with E-state index in [1.165, 1.54) is 17.5 Å². The van der Waals surface area contributed by atoms with Gasteiger partial charge in [0.25, 0.3) is 0 Å². The highest BCUT2D eigenvalue weighted by atomic mass is 16.2. The number of hydrogen-bond acceptors (Lipinski definition) is 2. The van der Waals surface area contributed by atoms with E-state index < -0.39 is 0 Å². The Hall–Kier alpha value is -1.84. The number of hydrogen-bond donors (Lipinski definition) is 0. The van der Waals surface area contributed by atoms with Crippen LogP contribution in [0.2, 0.25) is 0 Å². The summed E-state index contributed by atoms with van der Waals surface area (Å²) in [6, 6.07) is 6.36. The Labute approximate surface area is 131 Å². The van der Waals surface area contributed by atoms with Crippen molar-refractivity contribution < 1.29 is 9.59 Å². The zero-order chi connectivity index (χ0) is 15.1. The van der Waals surface area contributed by atoms with Crippen molar-refractivity contribution in [3.63, 3.8) is 0 Å². The van der Waals surface area contributed by atoms with E-state index in [9.17, 15) is 9.59 Å². The molecule has 2 saturated heterocycles. The van der Waals surface area contributed by atoms with Gasteiger partial charge in [0.15, 0.2) is 0 Å². The van der Waals surface area contributed by atoms with Crippen LogP contribution in [0.25, 0.3) is 0 Å². The number of rotatable bonds is 2. The number of carbonyl (C=O) groups excluding carboxylic acids is 2. The molecule has 0 bridgehead atoms. The zero-order valence-electron chi connectivity index (χ0n) is 12.9. The molecule has 0 radical (unpaired) electrons. The molecule has 4 heteroatoms. The van der Waals surface area contributed by atoms with Crippen LogP contribution in [0.4, 0.5) is 5.69 Å². The lowest BCUT2D eigenvalue weighted by molar-refractivity contribution is -0.134. The van der Waals surface area contributed by atoms with Gasteiger partial charge in [-0.3, -0.25) is 9.59 Å². The van der Waals surface area contributed by atoms with E-state index in [0.29, 0.717) is 13.0 Å². The van der Waals surface area contributed by atoms with E-state index >= 15 is 0 Å². The molecule has 22 heavy (non-hydrogen) atoms. The summed E-state index contributed by atoms with van der Waals surface area (Å²) in [5.41, 5.74) is 3.77. The minimum Gasteiger partial charge on any atom is -0.342 e. The molecule has 116 valence electrons. The summed E-state index contributed by atoms with van der Waals surface area (Å²) in [6.45, 7) is 2.28. The van der Waals surface area contributed by atoms with Gasteiger partial charge in [-0.15, -0.1) is 0 Å². The largest absolute Gasteiger partial charge is 0.342 e. The van der Waals surface area contributed by atoms with Crippen molar-refractivity contribution in [3.8, 4) is 0 Å². The van der Waals surface area contributed by atoms with Gasteiger partial charge in [-0.2, -0.15) is 0 Å². The lowest BCUT2D eigenvalue weighted by Crippen LogP contribution is -2.35. The topological polar surface area (TPSA) is 40.6 Å². The molecule has 1 aromatic carbocycles. The minimum absolute atomic E-state index is 0.0930. The third-order valence-electron chi connectivity index (χ3n) is 5.29. The normalized spacial score (nSPS) is 24.2. The Balaban J connectivity index is 1.51. The van der Waals surface area contributed by atoms with Crippen LogP contribution in [0.15, 0.2) is 18.2 Å². The second-order valence-electron chi connectivity index (χ2n) is 6.74. The smallest absolute Gasteiger partial charge is 0.228 e. The van der Waals surface area contributed by atoms with Gasteiger partial charge >= 0.3 is 0 Å². The summed E-state index contributed by atoms with van der Waals surface area (Å²) in [5.74, 6) is 0.115. The Morgan fingerprint density at radius 2 is 1.82 bits per heavy atom. The first-order valence-corrected chi connectivity index (χ1v) is 8.43. The molecule has 4 rings (SSSR count). The van der Waals surface area contributed by atoms with Gasteiger partial charge in [0.1, 0.15) is 0 Å². The van der Waals surface area contributed by atoms with Gasteiger partial charge in [-0.1, -0.05) is 6.07 Å². The van der Waals surface area contributed by atoms with E-state index in [1.807, 2.05) is 15.9 Å². The Bertz CT molecular complexity index is 620. The maximum Gasteiger partial charge on any atom is 0.228 e. The Kier molecular flexibility index (Phi) is 3.40. The van der Waals surface area contributed by atoms with Gasteiger partial charge in [0.05, 0.1) is 5.92 Å². The highest BCUT2D eigenvalue weighted by molar-refractivity contribution is 6.00. The number of likely N-dealkylation sites (tertiary alicyclic amines) is 1. The molecular weight excluding hydrogens is 276 g/mol. The van der Waals surface area contributed by atoms with Crippen LogP contribution in [0.5, 0.6) is 0 Å². The first-order valence-electron chi connectivity index (χ1n) is 8.43. The average molecular weight is 298 g/mol. The number of anilines is 1. The predicted octanol–water partition coefficient (Wildman–Crippen LogP) is 2.15. The highest BCUT2D eigenvalue weighted by Crippen LogP contribution is 2.31. The van der Waals surface area contributed by atoms with Gasteiger partial charge < -0.3 is 9.80 Å². The lowest BCUT2D eigenvalue weighted by Gasteiger charge is -2.21. The van der Waals surface area contributed by atoms with E-state index in [-0.39, 0.29) is 17.7 Å².